The number of carbonyl (C=O) groups excluding carboxylic acids is 1. The van der Waals surface area contributed by atoms with Gasteiger partial charge in [0.1, 0.15) is 11.5 Å². The van der Waals surface area contributed by atoms with Gasteiger partial charge in [0.25, 0.3) is 0 Å². The summed E-state index contributed by atoms with van der Waals surface area (Å²) in [5.74, 6) is 1.26. The third-order valence-electron chi connectivity index (χ3n) is 3.52. The molecule has 0 aliphatic carbocycles. The standard InChI is InChI=1S/C14H20N2O3/c1-14(7-4-8-15-14)13(17)16-11-9-10(18-2)5-6-12(11)19-3/h5-6,9,15H,4,7-8H2,1-3H3,(H,16,17). The van der Waals surface area contributed by atoms with Crippen LogP contribution in [0.15, 0.2) is 18.2 Å². The largest absolute Gasteiger partial charge is 0.497 e. The maximum atomic E-state index is 12.3. The van der Waals surface area contributed by atoms with Crippen molar-refractivity contribution in [3.8, 4) is 11.5 Å². The molecule has 0 bridgehead atoms. The van der Waals surface area contributed by atoms with Crippen molar-refractivity contribution >= 4 is 11.6 Å². The minimum Gasteiger partial charge on any atom is -0.497 e. The summed E-state index contributed by atoms with van der Waals surface area (Å²) in [6.45, 7) is 2.79. The maximum absolute atomic E-state index is 12.3. The Kier molecular flexibility index (Phi) is 3.95. The first-order valence-corrected chi connectivity index (χ1v) is 6.37. The van der Waals surface area contributed by atoms with Crippen LogP contribution >= 0.6 is 0 Å². The van der Waals surface area contributed by atoms with Crippen LogP contribution in [0.5, 0.6) is 11.5 Å². The van der Waals surface area contributed by atoms with Crippen LogP contribution in [-0.2, 0) is 4.79 Å². The molecule has 1 aromatic rings. The first-order chi connectivity index (χ1) is 9.09. The minimum atomic E-state index is -0.506. The molecule has 2 N–H and O–H groups in total. The van der Waals surface area contributed by atoms with Crippen LogP contribution in [0, 0.1) is 0 Å². The lowest BCUT2D eigenvalue weighted by molar-refractivity contribution is -0.121. The summed E-state index contributed by atoms with van der Waals surface area (Å²) in [7, 11) is 3.17. The zero-order valence-electron chi connectivity index (χ0n) is 11.6. The Labute approximate surface area is 113 Å². The van der Waals surface area contributed by atoms with Gasteiger partial charge in [0, 0.05) is 6.07 Å². The second kappa shape index (κ2) is 5.48. The highest BCUT2D eigenvalue weighted by Crippen LogP contribution is 2.30. The van der Waals surface area contributed by atoms with Crippen molar-refractivity contribution in [1.29, 1.82) is 0 Å². The summed E-state index contributed by atoms with van der Waals surface area (Å²) >= 11 is 0. The Bertz CT molecular complexity index is 468. The molecule has 0 radical (unpaired) electrons. The third-order valence-corrected chi connectivity index (χ3v) is 3.52. The third kappa shape index (κ3) is 2.81. The van der Waals surface area contributed by atoms with Crippen LogP contribution in [0.3, 0.4) is 0 Å². The highest BCUT2D eigenvalue weighted by molar-refractivity contribution is 5.99. The minimum absolute atomic E-state index is 0.0449. The molecule has 1 fully saturated rings. The highest BCUT2D eigenvalue weighted by atomic mass is 16.5. The molecular weight excluding hydrogens is 244 g/mol. The number of hydrogen-bond acceptors (Lipinski definition) is 4. The SMILES string of the molecule is COc1ccc(OC)c(NC(=O)C2(C)CCCN2)c1. The number of ether oxygens (including phenoxy) is 2. The fourth-order valence-electron chi connectivity index (χ4n) is 2.26. The van der Waals surface area contributed by atoms with Crippen molar-refractivity contribution in [3.05, 3.63) is 18.2 Å². The van der Waals surface area contributed by atoms with Crippen LogP contribution in [0.1, 0.15) is 19.8 Å². The van der Waals surface area contributed by atoms with Gasteiger partial charge < -0.3 is 20.1 Å². The molecule has 2 rings (SSSR count). The van der Waals surface area contributed by atoms with Crippen molar-refractivity contribution in [3.63, 3.8) is 0 Å². The maximum Gasteiger partial charge on any atom is 0.244 e. The number of rotatable bonds is 4. The van der Waals surface area contributed by atoms with Crippen molar-refractivity contribution in [2.45, 2.75) is 25.3 Å². The number of carbonyl (C=O) groups is 1. The number of nitrogens with one attached hydrogen (secondary N) is 2. The molecule has 1 saturated heterocycles. The molecule has 104 valence electrons. The topological polar surface area (TPSA) is 59.6 Å². The van der Waals surface area contributed by atoms with Crippen molar-refractivity contribution in [2.75, 3.05) is 26.1 Å². The number of hydrogen-bond donors (Lipinski definition) is 2. The van der Waals surface area contributed by atoms with Crippen molar-refractivity contribution in [1.82, 2.24) is 5.32 Å². The molecule has 1 amide bonds. The molecule has 1 aliphatic rings. The van der Waals surface area contributed by atoms with Gasteiger partial charge in [-0.2, -0.15) is 0 Å². The zero-order chi connectivity index (χ0) is 13.9. The van der Waals surface area contributed by atoms with Crippen LogP contribution in [0.25, 0.3) is 0 Å². The van der Waals surface area contributed by atoms with Gasteiger partial charge in [-0.1, -0.05) is 0 Å². The van der Waals surface area contributed by atoms with E-state index >= 15 is 0 Å². The van der Waals surface area contributed by atoms with Crippen LogP contribution in [0.4, 0.5) is 5.69 Å². The summed E-state index contributed by atoms with van der Waals surface area (Å²) in [5.41, 5.74) is 0.121. The number of methoxy groups -OCH3 is 2. The summed E-state index contributed by atoms with van der Waals surface area (Å²) in [6, 6.07) is 5.33. The van der Waals surface area contributed by atoms with Gasteiger partial charge in [-0.3, -0.25) is 4.79 Å². The first kappa shape index (κ1) is 13.7. The van der Waals surface area contributed by atoms with Crippen molar-refractivity contribution in [2.24, 2.45) is 0 Å². The van der Waals surface area contributed by atoms with E-state index < -0.39 is 5.54 Å². The molecule has 0 saturated carbocycles. The molecular formula is C14H20N2O3. The normalized spacial score (nSPS) is 22.1. The second-order valence-electron chi connectivity index (χ2n) is 4.88. The van der Waals surface area contributed by atoms with E-state index in [2.05, 4.69) is 10.6 Å². The quantitative estimate of drug-likeness (QED) is 0.870. The molecule has 5 nitrogen and oxygen atoms in total. The average Bonchev–Trinajstić information content (AvgIpc) is 2.87. The summed E-state index contributed by atoms with van der Waals surface area (Å²) in [4.78, 5) is 12.3. The molecule has 1 aliphatic heterocycles. The Hall–Kier alpha value is -1.75. The van der Waals surface area contributed by atoms with E-state index in [-0.39, 0.29) is 5.91 Å². The van der Waals surface area contributed by atoms with Gasteiger partial charge in [0.15, 0.2) is 0 Å². The molecule has 1 atom stereocenters. The smallest absolute Gasteiger partial charge is 0.244 e. The summed E-state index contributed by atoms with van der Waals surface area (Å²) in [6.07, 6.45) is 1.85. The fraction of sp³-hybridized carbons (Fsp3) is 0.500. The van der Waals surface area contributed by atoms with E-state index in [1.165, 1.54) is 0 Å². The zero-order valence-corrected chi connectivity index (χ0v) is 11.6. The Morgan fingerprint density at radius 1 is 1.37 bits per heavy atom. The van der Waals surface area contributed by atoms with E-state index in [9.17, 15) is 4.79 Å². The van der Waals surface area contributed by atoms with E-state index in [4.69, 9.17) is 9.47 Å². The van der Waals surface area contributed by atoms with Gasteiger partial charge in [-0.15, -0.1) is 0 Å². The number of benzene rings is 1. The van der Waals surface area contributed by atoms with Gasteiger partial charge >= 0.3 is 0 Å². The van der Waals surface area contributed by atoms with E-state index in [0.29, 0.717) is 17.2 Å². The number of amides is 1. The number of anilines is 1. The van der Waals surface area contributed by atoms with E-state index in [1.54, 1.807) is 32.4 Å². The lowest BCUT2D eigenvalue weighted by Gasteiger charge is -2.23. The van der Waals surface area contributed by atoms with Crippen LogP contribution in [0.2, 0.25) is 0 Å². The molecule has 19 heavy (non-hydrogen) atoms. The molecule has 0 spiro atoms. The predicted molar refractivity (Wildman–Crippen MR) is 73.8 cm³/mol. The fourth-order valence-corrected chi connectivity index (χ4v) is 2.26. The lowest BCUT2D eigenvalue weighted by atomic mass is 9.99. The Morgan fingerprint density at radius 3 is 2.74 bits per heavy atom. The van der Waals surface area contributed by atoms with Crippen molar-refractivity contribution < 1.29 is 14.3 Å². The van der Waals surface area contributed by atoms with E-state index in [1.807, 2.05) is 6.92 Å². The monoisotopic (exact) mass is 264 g/mol. The Balaban J connectivity index is 2.19. The average molecular weight is 264 g/mol. The van der Waals surface area contributed by atoms with Crippen LogP contribution < -0.4 is 20.1 Å². The predicted octanol–water partition coefficient (Wildman–Crippen LogP) is 1.78. The van der Waals surface area contributed by atoms with Gasteiger partial charge in [-0.25, -0.2) is 0 Å². The summed E-state index contributed by atoms with van der Waals surface area (Å²) < 4.78 is 10.4. The molecule has 1 unspecified atom stereocenters. The Morgan fingerprint density at radius 2 is 2.16 bits per heavy atom. The van der Waals surface area contributed by atoms with Gasteiger partial charge in [0.2, 0.25) is 5.91 Å². The molecule has 5 heteroatoms. The summed E-state index contributed by atoms with van der Waals surface area (Å²) in [5, 5.41) is 6.15. The van der Waals surface area contributed by atoms with E-state index in [0.717, 1.165) is 19.4 Å². The van der Waals surface area contributed by atoms with Gasteiger partial charge in [0.05, 0.1) is 25.4 Å². The first-order valence-electron chi connectivity index (χ1n) is 6.37. The molecule has 0 aromatic heterocycles. The van der Waals surface area contributed by atoms with Crippen LogP contribution in [-0.4, -0.2) is 32.2 Å². The molecule has 1 aromatic carbocycles. The highest BCUT2D eigenvalue weighted by Gasteiger charge is 2.36. The second-order valence-corrected chi connectivity index (χ2v) is 4.88. The molecule has 1 heterocycles. The lowest BCUT2D eigenvalue weighted by Crippen LogP contribution is -2.48. The van der Waals surface area contributed by atoms with Gasteiger partial charge in [-0.05, 0) is 38.4 Å².